The van der Waals surface area contributed by atoms with E-state index in [1.165, 1.54) is 17.4 Å². The van der Waals surface area contributed by atoms with E-state index in [4.69, 9.17) is 4.74 Å². The van der Waals surface area contributed by atoms with E-state index >= 15 is 0 Å². The van der Waals surface area contributed by atoms with E-state index in [9.17, 15) is 4.79 Å². The Bertz CT molecular complexity index is 805. The minimum absolute atomic E-state index is 0.196. The van der Waals surface area contributed by atoms with Crippen LogP contribution in [0.4, 0.5) is 5.13 Å². The summed E-state index contributed by atoms with van der Waals surface area (Å²) in [4.78, 5) is 16.4. The van der Waals surface area contributed by atoms with Gasteiger partial charge in [0.25, 0.3) is 0 Å². The van der Waals surface area contributed by atoms with Gasteiger partial charge in [-0.2, -0.15) is 0 Å². The highest BCUT2D eigenvalue weighted by Gasteiger charge is 2.04. The van der Waals surface area contributed by atoms with Crippen molar-refractivity contribution < 1.29 is 9.53 Å². The normalized spacial score (nSPS) is 11.0. The molecule has 1 aromatic heterocycles. The van der Waals surface area contributed by atoms with Gasteiger partial charge in [0, 0.05) is 6.08 Å². The number of amides is 1. The number of anilines is 1. The fraction of sp³-hybridized carbons (Fsp3) is 0.111. The van der Waals surface area contributed by atoms with Gasteiger partial charge in [0.1, 0.15) is 5.75 Å². The van der Waals surface area contributed by atoms with E-state index < -0.39 is 0 Å². The lowest BCUT2D eigenvalue weighted by Crippen LogP contribution is -2.07. The molecule has 0 fully saturated rings. The molecule has 4 nitrogen and oxygen atoms in total. The quantitative estimate of drug-likeness (QED) is 0.710. The van der Waals surface area contributed by atoms with Crippen molar-refractivity contribution >= 4 is 38.7 Å². The molecule has 23 heavy (non-hydrogen) atoms. The molecule has 3 rings (SSSR count). The number of benzene rings is 2. The maximum atomic E-state index is 12.0. The zero-order valence-corrected chi connectivity index (χ0v) is 13.5. The number of para-hydroxylation sites is 1. The van der Waals surface area contributed by atoms with Gasteiger partial charge in [0.05, 0.1) is 16.8 Å². The summed E-state index contributed by atoms with van der Waals surface area (Å²) in [7, 11) is 0. The van der Waals surface area contributed by atoms with Gasteiger partial charge in [-0.3, -0.25) is 10.1 Å². The van der Waals surface area contributed by atoms with Crippen molar-refractivity contribution in [2.45, 2.75) is 6.92 Å². The van der Waals surface area contributed by atoms with Crippen molar-refractivity contribution in [3.05, 3.63) is 60.2 Å². The lowest BCUT2D eigenvalue weighted by atomic mass is 10.2. The van der Waals surface area contributed by atoms with E-state index in [0.717, 1.165) is 21.5 Å². The first-order valence-electron chi connectivity index (χ1n) is 7.32. The summed E-state index contributed by atoms with van der Waals surface area (Å²) >= 11 is 1.46. The molecule has 0 radical (unpaired) electrons. The minimum atomic E-state index is -0.196. The zero-order chi connectivity index (χ0) is 16.1. The Balaban J connectivity index is 1.64. The van der Waals surface area contributed by atoms with Crippen molar-refractivity contribution in [1.82, 2.24) is 4.98 Å². The van der Waals surface area contributed by atoms with Crippen LogP contribution in [-0.2, 0) is 4.79 Å². The fourth-order valence-corrected chi connectivity index (χ4v) is 2.96. The number of hydrogen-bond acceptors (Lipinski definition) is 4. The van der Waals surface area contributed by atoms with E-state index in [1.807, 2.05) is 55.5 Å². The van der Waals surface area contributed by atoms with Gasteiger partial charge >= 0.3 is 0 Å². The number of nitrogens with one attached hydrogen (secondary N) is 1. The molecule has 0 aliphatic carbocycles. The fourth-order valence-electron chi connectivity index (χ4n) is 2.09. The number of nitrogens with zero attached hydrogens (tertiary/aromatic N) is 1. The molecule has 1 amide bonds. The summed E-state index contributed by atoms with van der Waals surface area (Å²) in [5, 5.41) is 3.39. The number of aromatic nitrogens is 1. The average molecular weight is 324 g/mol. The van der Waals surface area contributed by atoms with Crippen LogP contribution >= 0.6 is 11.3 Å². The molecule has 0 aliphatic heterocycles. The monoisotopic (exact) mass is 324 g/mol. The van der Waals surface area contributed by atoms with Crippen molar-refractivity contribution in [1.29, 1.82) is 0 Å². The highest BCUT2D eigenvalue weighted by atomic mass is 32.1. The molecule has 5 heteroatoms. The molecular weight excluding hydrogens is 308 g/mol. The number of rotatable bonds is 5. The van der Waals surface area contributed by atoms with Crippen LogP contribution < -0.4 is 10.1 Å². The van der Waals surface area contributed by atoms with Crippen LogP contribution in [0.25, 0.3) is 16.3 Å². The number of ether oxygens (including phenoxy) is 1. The Morgan fingerprint density at radius 1 is 1.22 bits per heavy atom. The first-order chi connectivity index (χ1) is 11.2. The van der Waals surface area contributed by atoms with E-state index in [0.29, 0.717) is 11.7 Å². The molecule has 116 valence electrons. The summed E-state index contributed by atoms with van der Waals surface area (Å²) in [6, 6.07) is 15.4. The van der Waals surface area contributed by atoms with E-state index in [1.54, 1.807) is 6.08 Å². The summed E-state index contributed by atoms with van der Waals surface area (Å²) in [6.07, 6.45) is 3.26. The maximum Gasteiger partial charge on any atom is 0.250 e. The van der Waals surface area contributed by atoms with E-state index in [2.05, 4.69) is 10.3 Å². The Morgan fingerprint density at radius 2 is 2.00 bits per heavy atom. The first kappa shape index (κ1) is 15.2. The van der Waals surface area contributed by atoms with E-state index in [-0.39, 0.29) is 5.91 Å². The Labute approximate surface area is 138 Å². The predicted molar refractivity (Wildman–Crippen MR) is 94.9 cm³/mol. The van der Waals surface area contributed by atoms with Crippen LogP contribution in [0.5, 0.6) is 5.75 Å². The smallest absolute Gasteiger partial charge is 0.250 e. The van der Waals surface area contributed by atoms with Gasteiger partial charge in [-0.1, -0.05) is 35.6 Å². The van der Waals surface area contributed by atoms with Crippen molar-refractivity contribution in [2.75, 3.05) is 11.9 Å². The SMILES string of the molecule is CCOc1ccc(C=CC(=O)Nc2nc3ccccc3s2)cc1. The van der Waals surface area contributed by atoms with Crippen molar-refractivity contribution in [3.63, 3.8) is 0 Å². The van der Waals surface area contributed by atoms with Gasteiger partial charge in [-0.15, -0.1) is 0 Å². The summed E-state index contributed by atoms with van der Waals surface area (Å²) in [5.74, 6) is 0.626. The van der Waals surface area contributed by atoms with Gasteiger partial charge in [-0.25, -0.2) is 4.98 Å². The second-order valence-electron chi connectivity index (χ2n) is 4.81. The number of carbonyl (C=O) groups excluding carboxylic acids is 1. The molecule has 0 bridgehead atoms. The van der Waals surface area contributed by atoms with Crippen LogP contribution in [-0.4, -0.2) is 17.5 Å². The van der Waals surface area contributed by atoms with Gasteiger partial charge in [0.2, 0.25) is 5.91 Å². The highest BCUT2D eigenvalue weighted by molar-refractivity contribution is 7.22. The zero-order valence-electron chi connectivity index (χ0n) is 12.7. The molecule has 1 N–H and O–H groups in total. The predicted octanol–water partition coefficient (Wildman–Crippen LogP) is 4.35. The Morgan fingerprint density at radius 3 is 2.74 bits per heavy atom. The van der Waals surface area contributed by atoms with Crippen LogP contribution in [0.1, 0.15) is 12.5 Å². The van der Waals surface area contributed by atoms with Crippen molar-refractivity contribution in [2.24, 2.45) is 0 Å². The molecule has 3 aromatic rings. The van der Waals surface area contributed by atoms with Crippen molar-refractivity contribution in [3.8, 4) is 5.75 Å². The molecular formula is C18H16N2O2S. The summed E-state index contributed by atoms with van der Waals surface area (Å²) < 4.78 is 6.44. The molecule has 2 aromatic carbocycles. The third-order valence-corrected chi connectivity index (χ3v) is 4.09. The Hall–Kier alpha value is -2.66. The summed E-state index contributed by atoms with van der Waals surface area (Å²) in [6.45, 7) is 2.58. The lowest BCUT2D eigenvalue weighted by Gasteiger charge is -2.02. The second-order valence-corrected chi connectivity index (χ2v) is 5.84. The van der Waals surface area contributed by atoms with Crippen LogP contribution in [0, 0.1) is 0 Å². The second kappa shape index (κ2) is 7.07. The van der Waals surface area contributed by atoms with Crippen LogP contribution in [0.3, 0.4) is 0 Å². The number of carbonyl (C=O) groups is 1. The molecule has 0 atom stereocenters. The third kappa shape index (κ3) is 3.96. The number of hydrogen-bond donors (Lipinski definition) is 1. The largest absolute Gasteiger partial charge is 0.494 e. The highest BCUT2D eigenvalue weighted by Crippen LogP contribution is 2.25. The topological polar surface area (TPSA) is 51.2 Å². The summed E-state index contributed by atoms with van der Waals surface area (Å²) in [5.41, 5.74) is 1.83. The molecule has 0 saturated heterocycles. The molecule has 0 unspecified atom stereocenters. The van der Waals surface area contributed by atoms with Crippen LogP contribution in [0.2, 0.25) is 0 Å². The molecule has 0 saturated carbocycles. The standard InChI is InChI=1S/C18H16N2O2S/c1-2-22-14-10-7-13(8-11-14)9-12-17(21)20-18-19-15-5-3-4-6-16(15)23-18/h3-12H,2H2,1H3,(H,19,20,21). The number of thiazole rings is 1. The minimum Gasteiger partial charge on any atom is -0.494 e. The van der Waals surface area contributed by atoms with Crippen LogP contribution in [0.15, 0.2) is 54.6 Å². The third-order valence-electron chi connectivity index (χ3n) is 3.14. The molecule has 1 heterocycles. The molecule has 0 spiro atoms. The lowest BCUT2D eigenvalue weighted by molar-refractivity contribution is -0.111. The Kier molecular flexibility index (Phi) is 4.68. The van der Waals surface area contributed by atoms with Gasteiger partial charge in [-0.05, 0) is 42.8 Å². The molecule has 0 aliphatic rings. The first-order valence-corrected chi connectivity index (χ1v) is 8.14. The maximum absolute atomic E-state index is 12.0. The average Bonchev–Trinajstić information content (AvgIpc) is 2.96. The van der Waals surface area contributed by atoms with Gasteiger partial charge in [0.15, 0.2) is 5.13 Å². The van der Waals surface area contributed by atoms with Gasteiger partial charge < -0.3 is 4.74 Å². The number of fused-ring (bicyclic) bond motifs is 1.